The van der Waals surface area contributed by atoms with Crippen LogP contribution in [0, 0.1) is 0 Å². The third-order valence-electron chi connectivity index (χ3n) is 3.48. The first-order valence-electron chi connectivity index (χ1n) is 6.37. The fraction of sp³-hybridized carbons (Fsp3) is 0.500. The number of unbranched alkanes of at least 4 members (excludes halogenated alkanes) is 1. The average Bonchev–Trinajstić information content (AvgIpc) is 2.38. The van der Waals surface area contributed by atoms with Crippen molar-refractivity contribution in [3.8, 4) is 0 Å². The van der Waals surface area contributed by atoms with Crippen molar-refractivity contribution >= 4 is 5.97 Å². The van der Waals surface area contributed by atoms with Crippen molar-refractivity contribution in [2.75, 3.05) is 13.2 Å². The first-order chi connectivity index (χ1) is 8.72. The van der Waals surface area contributed by atoms with Gasteiger partial charge in [0.25, 0.3) is 0 Å². The van der Waals surface area contributed by atoms with Gasteiger partial charge in [-0.1, -0.05) is 24.3 Å². The quantitative estimate of drug-likeness (QED) is 0.771. The van der Waals surface area contributed by atoms with Gasteiger partial charge in [-0.25, -0.2) is 0 Å². The van der Waals surface area contributed by atoms with Crippen molar-refractivity contribution in [1.82, 2.24) is 4.90 Å². The van der Waals surface area contributed by atoms with Gasteiger partial charge >= 0.3 is 5.97 Å². The fourth-order valence-corrected chi connectivity index (χ4v) is 2.48. The van der Waals surface area contributed by atoms with Gasteiger partial charge in [-0.2, -0.15) is 0 Å². The molecule has 0 aromatic heterocycles. The van der Waals surface area contributed by atoms with Crippen LogP contribution in [-0.2, 0) is 17.8 Å². The molecule has 1 atom stereocenters. The van der Waals surface area contributed by atoms with Crippen LogP contribution in [0.4, 0.5) is 0 Å². The van der Waals surface area contributed by atoms with Crippen molar-refractivity contribution in [2.45, 2.75) is 31.8 Å². The molecule has 0 saturated heterocycles. The summed E-state index contributed by atoms with van der Waals surface area (Å²) in [6, 6.07) is 7.59. The second kappa shape index (κ2) is 5.98. The van der Waals surface area contributed by atoms with Gasteiger partial charge in [0.1, 0.15) is 6.04 Å². The Balaban J connectivity index is 2.10. The summed E-state index contributed by atoms with van der Waals surface area (Å²) >= 11 is 0. The predicted octanol–water partition coefficient (Wildman–Crippen LogP) is 1.27. The summed E-state index contributed by atoms with van der Waals surface area (Å²) in [7, 11) is 0. The van der Waals surface area contributed by atoms with E-state index in [0.717, 1.165) is 24.9 Å². The summed E-state index contributed by atoms with van der Waals surface area (Å²) in [5, 5.41) is 18.1. The summed E-state index contributed by atoms with van der Waals surface area (Å²) in [6.45, 7) is 1.59. The highest BCUT2D eigenvalue weighted by atomic mass is 16.4. The maximum absolute atomic E-state index is 11.3. The molecule has 18 heavy (non-hydrogen) atoms. The van der Waals surface area contributed by atoms with E-state index in [2.05, 4.69) is 6.07 Å². The molecular weight excluding hydrogens is 230 g/mol. The minimum Gasteiger partial charge on any atom is -0.480 e. The van der Waals surface area contributed by atoms with E-state index in [1.807, 2.05) is 23.1 Å². The third-order valence-corrected chi connectivity index (χ3v) is 3.48. The largest absolute Gasteiger partial charge is 0.480 e. The molecule has 0 saturated carbocycles. The topological polar surface area (TPSA) is 60.8 Å². The van der Waals surface area contributed by atoms with Gasteiger partial charge in [-0.05, 0) is 36.9 Å². The molecule has 1 aliphatic rings. The summed E-state index contributed by atoms with van der Waals surface area (Å²) in [5.74, 6) is -0.756. The van der Waals surface area contributed by atoms with Crippen LogP contribution < -0.4 is 0 Å². The number of aliphatic hydroxyl groups is 1. The maximum Gasteiger partial charge on any atom is 0.321 e. The van der Waals surface area contributed by atoms with Crippen molar-refractivity contribution in [2.24, 2.45) is 0 Å². The molecule has 1 aliphatic heterocycles. The standard InChI is InChI=1S/C14H19NO3/c16-8-4-3-7-15-10-12-6-2-1-5-11(12)9-13(15)14(17)18/h1-2,5-6,13,16H,3-4,7-10H2,(H,17,18)/t13-/m0/s1. The maximum atomic E-state index is 11.3. The highest BCUT2D eigenvalue weighted by Crippen LogP contribution is 2.23. The Morgan fingerprint density at radius 1 is 1.28 bits per heavy atom. The molecule has 0 unspecified atom stereocenters. The zero-order valence-electron chi connectivity index (χ0n) is 10.4. The molecule has 0 aliphatic carbocycles. The number of aliphatic carboxylic acids is 1. The Kier molecular flexibility index (Phi) is 4.33. The monoisotopic (exact) mass is 249 g/mol. The molecule has 0 bridgehead atoms. The lowest BCUT2D eigenvalue weighted by Gasteiger charge is -2.34. The van der Waals surface area contributed by atoms with Gasteiger partial charge < -0.3 is 10.2 Å². The van der Waals surface area contributed by atoms with Crippen LogP contribution >= 0.6 is 0 Å². The lowest BCUT2D eigenvalue weighted by molar-refractivity contribution is -0.144. The fourth-order valence-electron chi connectivity index (χ4n) is 2.48. The molecule has 0 amide bonds. The first kappa shape index (κ1) is 13.1. The smallest absolute Gasteiger partial charge is 0.321 e. The number of hydrogen-bond acceptors (Lipinski definition) is 3. The van der Waals surface area contributed by atoms with Gasteiger partial charge in [0, 0.05) is 13.2 Å². The van der Waals surface area contributed by atoms with E-state index < -0.39 is 12.0 Å². The Hall–Kier alpha value is -1.39. The molecule has 98 valence electrons. The normalized spacial score (nSPS) is 19.5. The van der Waals surface area contributed by atoms with Crippen molar-refractivity contribution in [3.63, 3.8) is 0 Å². The lowest BCUT2D eigenvalue weighted by atomic mass is 9.94. The minimum absolute atomic E-state index is 0.169. The highest BCUT2D eigenvalue weighted by molar-refractivity contribution is 5.74. The van der Waals surface area contributed by atoms with Gasteiger partial charge in [0.2, 0.25) is 0 Å². The number of hydrogen-bond donors (Lipinski definition) is 2. The lowest BCUT2D eigenvalue weighted by Crippen LogP contribution is -2.45. The van der Waals surface area contributed by atoms with Crippen LogP contribution in [0.5, 0.6) is 0 Å². The van der Waals surface area contributed by atoms with Crippen LogP contribution in [0.3, 0.4) is 0 Å². The summed E-state index contributed by atoms with van der Waals surface area (Å²) in [5.41, 5.74) is 2.36. The molecule has 2 rings (SSSR count). The number of fused-ring (bicyclic) bond motifs is 1. The summed E-state index contributed by atoms with van der Waals surface area (Å²) in [4.78, 5) is 13.3. The summed E-state index contributed by atoms with van der Waals surface area (Å²) < 4.78 is 0. The van der Waals surface area contributed by atoms with Gasteiger partial charge in [0.05, 0.1) is 0 Å². The van der Waals surface area contributed by atoms with Crippen molar-refractivity contribution in [1.29, 1.82) is 0 Å². The minimum atomic E-state index is -0.756. The Morgan fingerprint density at radius 2 is 2.00 bits per heavy atom. The number of carboxylic acid groups (broad SMARTS) is 1. The van der Waals surface area contributed by atoms with E-state index in [0.29, 0.717) is 13.0 Å². The average molecular weight is 249 g/mol. The number of carboxylic acids is 1. The zero-order chi connectivity index (χ0) is 13.0. The van der Waals surface area contributed by atoms with Crippen LogP contribution in [-0.4, -0.2) is 40.3 Å². The number of benzene rings is 1. The molecule has 1 heterocycles. The molecule has 0 fully saturated rings. The zero-order valence-corrected chi connectivity index (χ0v) is 10.4. The van der Waals surface area contributed by atoms with Crippen molar-refractivity contribution in [3.05, 3.63) is 35.4 Å². The van der Waals surface area contributed by atoms with E-state index in [1.54, 1.807) is 0 Å². The van der Waals surface area contributed by atoms with Gasteiger partial charge in [-0.3, -0.25) is 9.69 Å². The number of carbonyl (C=O) groups is 1. The summed E-state index contributed by atoms with van der Waals surface area (Å²) in [6.07, 6.45) is 2.14. The predicted molar refractivity (Wildman–Crippen MR) is 68.3 cm³/mol. The first-order valence-corrected chi connectivity index (χ1v) is 6.37. The number of rotatable bonds is 5. The molecule has 4 heteroatoms. The van der Waals surface area contributed by atoms with Crippen LogP contribution in [0.25, 0.3) is 0 Å². The number of nitrogens with zero attached hydrogens (tertiary/aromatic N) is 1. The number of aliphatic hydroxyl groups excluding tert-OH is 1. The second-order valence-electron chi connectivity index (χ2n) is 4.73. The van der Waals surface area contributed by atoms with E-state index in [-0.39, 0.29) is 6.61 Å². The molecule has 0 spiro atoms. The Labute approximate surface area is 107 Å². The van der Waals surface area contributed by atoms with E-state index >= 15 is 0 Å². The molecule has 4 nitrogen and oxygen atoms in total. The molecule has 1 aromatic rings. The molecule has 0 radical (unpaired) electrons. The molecule has 2 N–H and O–H groups in total. The van der Waals surface area contributed by atoms with E-state index in [9.17, 15) is 9.90 Å². The SMILES string of the molecule is O=C(O)[C@@H]1Cc2ccccc2CN1CCCCO. The van der Waals surface area contributed by atoms with Crippen molar-refractivity contribution < 1.29 is 15.0 Å². The Morgan fingerprint density at radius 3 is 2.67 bits per heavy atom. The second-order valence-corrected chi connectivity index (χ2v) is 4.73. The van der Waals surface area contributed by atoms with Crippen LogP contribution in [0.15, 0.2) is 24.3 Å². The third kappa shape index (κ3) is 2.89. The van der Waals surface area contributed by atoms with Gasteiger partial charge in [-0.15, -0.1) is 0 Å². The van der Waals surface area contributed by atoms with E-state index in [1.165, 1.54) is 5.56 Å². The Bertz CT molecular complexity index is 419. The van der Waals surface area contributed by atoms with Gasteiger partial charge in [0.15, 0.2) is 0 Å². The van der Waals surface area contributed by atoms with E-state index in [4.69, 9.17) is 5.11 Å². The van der Waals surface area contributed by atoms with Crippen LogP contribution in [0.2, 0.25) is 0 Å². The molecule has 1 aromatic carbocycles. The highest BCUT2D eigenvalue weighted by Gasteiger charge is 2.30. The molecular formula is C14H19NO3. The van der Waals surface area contributed by atoms with Crippen LogP contribution in [0.1, 0.15) is 24.0 Å².